The van der Waals surface area contributed by atoms with Gasteiger partial charge in [-0.3, -0.25) is 5.41 Å². The number of hydrogen-bond donors (Lipinski definition) is 1. The normalized spacial score (nSPS) is 24.9. The number of nitroso groups, excluding NO2 is 1. The standard InChI is InChI=1S/C6H11N3O/c1-5(7)9-3-2-6(4-9)8-10/h6-7H,2-4H2,1H3. The lowest BCUT2D eigenvalue weighted by atomic mass is 10.3. The van der Waals surface area contributed by atoms with Crippen molar-refractivity contribution in [3.63, 3.8) is 0 Å². The molecule has 1 rings (SSSR count). The minimum absolute atomic E-state index is 0.0831. The summed E-state index contributed by atoms with van der Waals surface area (Å²) in [5.74, 6) is 0.533. The van der Waals surface area contributed by atoms with Crippen molar-refractivity contribution in [3.8, 4) is 0 Å². The van der Waals surface area contributed by atoms with Gasteiger partial charge in [-0.05, 0) is 13.3 Å². The van der Waals surface area contributed by atoms with Crippen molar-refractivity contribution in [2.75, 3.05) is 13.1 Å². The monoisotopic (exact) mass is 141 g/mol. The molecule has 1 aliphatic heterocycles. The van der Waals surface area contributed by atoms with Crippen LogP contribution in [-0.4, -0.2) is 29.9 Å². The molecule has 1 unspecified atom stereocenters. The lowest BCUT2D eigenvalue weighted by Crippen LogP contribution is -2.25. The summed E-state index contributed by atoms with van der Waals surface area (Å²) in [5, 5.41) is 10.2. The van der Waals surface area contributed by atoms with E-state index in [0.29, 0.717) is 12.4 Å². The van der Waals surface area contributed by atoms with Crippen LogP contribution in [0, 0.1) is 10.3 Å². The van der Waals surface area contributed by atoms with E-state index in [9.17, 15) is 4.91 Å². The average Bonchev–Trinajstić information content (AvgIpc) is 2.34. The maximum Gasteiger partial charge on any atom is 0.111 e. The van der Waals surface area contributed by atoms with E-state index >= 15 is 0 Å². The van der Waals surface area contributed by atoms with Gasteiger partial charge in [-0.25, -0.2) is 0 Å². The third-order valence-electron chi connectivity index (χ3n) is 1.79. The number of nitrogens with one attached hydrogen (secondary N) is 1. The fourth-order valence-corrected chi connectivity index (χ4v) is 1.13. The van der Waals surface area contributed by atoms with Gasteiger partial charge in [-0.15, -0.1) is 0 Å². The first-order valence-corrected chi connectivity index (χ1v) is 3.36. The van der Waals surface area contributed by atoms with Gasteiger partial charge >= 0.3 is 0 Å². The van der Waals surface area contributed by atoms with Gasteiger partial charge in [0.2, 0.25) is 0 Å². The number of hydrogen-bond acceptors (Lipinski definition) is 3. The molecule has 0 bridgehead atoms. The second-order valence-electron chi connectivity index (χ2n) is 2.58. The predicted octanol–water partition coefficient (Wildman–Crippen LogP) is 0.824. The van der Waals surface area contributed by atoms with E-state index in [-0.39, 0.29) is 6.04 Å². The maximum atomic E-state index is 10.0. The first-order valence-electron chi connectivity index (χ1n) is 3.36. The summed E-state index contributed by atoms with van der Waals surface area (Å²) in [6.45, 7) is 3.18. The minimum atomic E-state index is -0.0831. The summed E-state index contributed by atoms with van der Waals surface area (Å²) in [4.78, 5) is 11.9. The number of amidine groups is 1. The summed E-state index contributed by atoms with van der Waals surface area (Å²) in [6, 6.07) is -0.0831. The van der Waals surface area contributed by atoms with Crippen molar-refractivity contribution in [1.29, 1.82) is 5.41 Å². The van der Waals surface area contributed by atoms with E-state index in [2.05, 4.69) is 5.18 Å². The lowest BCUT2D eigenvalue weighted by Gasteiger charge is -2.13. The van der Waals surface area contributed by atoms with Crippen LogP contribution in [-0.2, 0) is 0 Å². The van der Waals surface area contributed by atoms with Crippen molar-refractivity contribution in [1.82, 2.24) is 4.90 Å². The molecule has 0 spiro atoms. The van der Waals surface area contributed by atoms with Crippen molar-refractivity contribution >= 4 is 5.84 Å². The van der Waals surface area contributed by atoms with Crippen LogP contribution >= 0.6 is 0 Å². The Balaban J connectivity index is 2.42. The Kier molecular flexibility index (Phi) is 1.99. The Morgan fingerprint density at radius 1 is 1.80 bits per heavy atom. The first-order chi connectivity index (χ1) is 4.74. The summed E-state index contributed by atoms with van der Waals surface area (Å²) in [5.41, 5.74) is 0. The SMILES string of the molecule is CC(=N)N1CCC(N=O)C1. The number of likely N-dealkylation sites (tertiary alicyclic amines) is 1. The molecule has 10 heavy (non-hydrogen) atoms. The molecule has 0 amide bonds. The fraction of sp³-hybridized carbons (Fsp3) is 0.833. The van der Waals surface area contributed by atoms with Crippen molar-refractivity contribution in [2.45, 2.75) is 19.4 Å². The van der Waals surface area contributed by atoms with Crippen LogP contribution in [0.25, 0.3) is 0 Å². The van der Waals surface area contributed by atoms with Gasteiger partial charge in [-0.1, -0.05) is 5.18 Å². The smallest absolute Gasteiger partial charge is 0.111 e. The lowest BCUT2D eigenvalue weighted by molar-refractivity contribution is 0.503. The summed E-state index contributed by atoms with van der Waals surface area (Å²) < 4.78 is 0. The molecule has 0 saturated carbocycles. The molecular weight excluding hydrogens is 130 g/mol. The highest BCUT2D eigenvalue weighted by Crippen LogP contribution is 2.11. The molecular formula is C6H11N3O. The quantitative estimate of drug-likeness (QED) is 0.334. The molecule has 0 aromatic rings. The molecule has 1 fully saturated rings. The summed E-state index contributed by atoms with van der Waals surface area (Å²) >= 11 is 0. The molecule has 0 radical (unpaired) electrons. The molecule has 1 saturated heterocycles. The highest BCUT2D eigenvalue weighted by Gasteiger charge is 2.22. The molecule has 0 aliphatic carbocycles. The van der Waals surface area contributed by atoms with E-state index < -0.39 is 0 Å². The topological polar surface area (TPSA) is 56.5 Å². The molecule has 56 valence electrons. The van der Waals surface area contributed by atoms with Crippen LogP contribution in [0.4, 0.5) is 0 Å². The van der Waals surface area contributed by atoms with Crippen molar-refractivity contribution < 1.29 is 0 Å². The minimum Gasteiger partial charge on any atom is -0.358 e. The molecule has 1 N–H and O–H groups in total. The fourth-order valence-electron chi connectivity index (χ4n) is 1.13. The summed E-state index contributed by atoms with van der Waals surface area (Å²) in [7, 11) is 0. The highest BCUT2D eigenvalue weighted by atomic mass is 16.3. The molecule has 4 heteroatoms. The van der Waals surface area contributed by atoms with Gasteiger partial charge in [0.15, 0.2) is 0 Å². The molecule has 0 aromatic carbocycles. The van der Waals surface area contributed by atoms with Crippen molar-refractivity contribution in [3.05, 3.63) is 4.91 Å². The molecule has 4 nitrogen and oxygen atoms in total. The van der Waals surface area contributed by atoms with Crippen LogP contribution in [0.1, 0.15) is 13.3 Å². The third kappa shape index (κ3) is 1.32. The van der Waals surface area contributed by atoms with E-state index in [4.69, 9.17) is 5.41 Å². The Labute approximate surface area is 59.7 Å². The number of rotatable bonds is 1. The van der Waals surface area contributed by atoms with Gasteiger partial charge in [-0.2, -0.15) is 4.91 Å². The van der Waals surface area contributed by atoms with Crippen LogP contribution < -0.4 is 0 Å². The zero-order valence-corrected chi connectivity index (χ0v) is 6.00. The molecule has 1 aliphatic rings. The maximum absolute atomic E-state index is 10.0. The largest absolute Gasteiger partial charge is 0.358 e. The molecule has 1 heterocycles. The second kappa shape index (κ2) is 2.77. The third-order valence-corrected chi connectivity index (χ3v) is 1.79. The van der Waals surface area contributed by atoms with E-state index in [1.54, 1.807) is 6.92 Å². The van der Waals surface area contributed by atoms with Gasteiger partial charge in [0.25, 0.3) is 0 Å². The first kappa shape index (κ1) is 7.18. The van der Waals surface area contributed by atoms with E-state index in [1.165, 1.54) is 0 Å². The van der Waals surface area contributed by atoms with E-state index in [0.717, 1.165) is 13.0 Å². The Morgan fingerprint density at radius 2 is 2.50 bits per heavy atom. The van der Waals surface area contributed by atoms with Crippen LogP contribution in [0.2, 0.25) is 0 Å². The predicted molar refractivity (Wildman–Crippen MR) is 39.2 cm³/mol. The summed E-state index contributed by atoms with van der Waals surface area (Å²) in [6.07, 6.45) is 0.805. The average molecular weight is 141 g/mol. The number of nitrogens with zero attached hydrogens (tertiary/aromatic N) is 2. The van der Waals surface area contributed by atoms with E-state index in [1.807, 2.05) is 4.90 Å². The Hall–Kier alpha value is -0.930. The zero-order chi connectivity index (χ0) is 7.56. The van der Waals surface area contributed by atoms with Crippen LogP contribution in [0.5, 0.6) is 0 Å². The van der Waals surface area contributed by atoms with Crippen LogP contribution in [0.3, 0.4) is 0 Å². The molecule has 1 atom stereocenters. The second-order valence-corrected chi connectivity index (χ2v) is 2.58. The Bertz CT molecular complexity index is 157. The molecule has 0 aromatic heterocycles. The van der Waals surface area contributed by atoms with Crippen LogP contribution in [0.15, 0.2) is 5.18 Å². The van der Waals surface area contributed by atoms with Gasteiger partial charge < -0.3 is 4.90 Å². The zero-order valence-electron chi connectivity index (χ0n) is 6.00. The Morgan fingerprint density at radius 3 is 2.80 bits per heavy atom. The van der Waals surface area contributed by atoms with Gasteiger partial charge in [0.05, 0.1) is 5.84 Å². The van der Waals surface area contributed by atoms with Gasteiger partial charge in [0.1, 0.15) is 6.04 Å². The van der Waals surface area contributed by atoms with Crippen molar-refractivity contribution in [2.24, 2.45) is 5.18 Å². The highest BCUT2D eigenvalue weighted by molar-refractivity contribution is 5.76. The van der Waals surface area contributed by atoms with Gasteiger partial charge in [0, 0.05) is 13.1 Å².